The second-order valence-corrected chi connectivity index (χ2v) is 20.2. The van der Waals surface area contributed by atoms with Crippen LogP contribution in [0.1, 0.15) is 65.3 Å². The first-order valence-electron chi connectivity index (χ1n) is 22.2. The van der Waals surface area contributed by atoms with Crippen molar-refractivity contribution in [3.05, 3.63) is 124 Å². The Bertz CT molecular complexity index is 3150. The van der Waals surface area contributed by atoms with Crippen molar-refractivity contribution in [3.63, 3.8) is 0 Å². The molecule has 0 saturated heterocycles. The SMILES string of the molecule is C.C.COc1ccc2[n-]c([S@@](=O)Cc3ncc(C)c(OC)c3C)nc2c1.COc1ccc2[n-]c([S@@](=O)Cc3ncc(C)c(OC)c3C)nc2c1.COc1ccc2[n-]c([S@@](=O)Cc3ncc(C)c(OC)c3C)nc2c1.[Ba+2].[Cs+].[Sr+2]. The Balaban J connectivity index is 0.000000383. The molecule has 0 radical (unpaired) electrons. The van der Waals surface area contributed by atoms with Gasteiger partial charge in [0, 0.05) is 67.4 Å². The average molecular weight is 1420 g/mol. The maximum atomic E-state index is 12.6. The van der Waals surface area contributed by atoms with Crippen molar-refractivity contribution in [2.24, 2.45) is 0 Å². The number of fused-ring (bicyclic) bond motifs is 3. The van der Waals surface area contributed by atoms with E-state index in [4.69, 9.17) is 28.4 Å². The quantitative estimate of drug-likeness (QED) is 0.122. The zero-order chi connectivity index (χ0) is 51.8. The molecule has 0 aliphatic heterocycles. The van der Waals surface area contributed by atoms with Gasteiger partial charge in [0.1, 0.15) is 34.5 Å². The number of benzene rings is 3. The van der Waals surface area contributed by atoms with Crippen LogP contribution in [0.3, 0.4) is 0 Å². The van der Waals surface area contributed by atoms with Gasteiger partial charge in [-0.1, -0.05) is 33.1 Å². The average Bonchev–Trinajstić information content (AvgIpc) is 4.14. The molecule has 0 aliphatic rings. The van der Waals surface area contributed by atoms with Crippen LogP contribution in [0.4, 0.5) is 0 Å². The fraction of sp³-hybridized carbons (Fsp3) is 0.321. The van der Waals surface area contributed by atoms with Crippen LogP contribution in [0, 0.1) is 41.5 Å². The van der Waals surface area contributed by atoms with Crippen molar-refractivity contribution in [1.82, 2.24) is 44.9 Å². The van der Waals surface area contributed by atoms with E-state index in [1.54, 1.807) is 116 Å². The third kappa shape index (κ3) is 17.5. The first-order valence-corrected chi connectivity index (χ1v) is 26.1. The van der Waals surface area contributed by atoms with Gasteiger partial charge in [0.25, 0.3) is 0 Å². The molecule has 0 fully saturated rings. The summed E-state index contributed by atoms with van der Waals surface area (Å²) in [5, 5.41) is 0.914. The number of aromatic nitrogens is 9. The third-order valence-electron chi connectivity index (χ3n) is 11.5. The predicted molar refractivity (Wildman–Crippen MR) is 301 cm³/mol. The van der Waals surface area contributed by atoms with E-state index in [0.29, 0.717) is 65.8 Å². The summed E-state index contributed by atoms with van der Waals surface area (Å²) in [6.45, 7) is 11.5. The molecule has 77 heavy (non-hydrogen) atoms. The molecule has 0 amide bonds. The fourth-order valence-corrected chi connectivity index (χ4v) is 10.9. The summed E-state index contributed by atoms with van der Waals surface area (Å²) in [5.74, 6) is 5.14. The molecule has 0 bridgehead atoms. The Morgan fingerprint density at radius 3 is 0.896 bits per heavy atom. The van der Waals surface area contributed by atoms with Gasteiger partial charge in [0.15, 0.2) is 0 Å². The van der Waals surface area contributed by atoms with Gasteiger partial charge in [0.05, 0.1) is 109 Å². The van der Waals surface area contributed by atoms with Gasteiger partial charge in [-0.25, -0.2) is 0 Å². The molecule has 0 unspecified atom stereocenters. The van der Waals surface area contributed by atoms with Gasteiger partial charge in [-0.15, -0.1) is 0 Å². The number of imidazole rings is 3. The first-order chi connectivity index (χ1) is 34.6. The van der Waals surface area contributed by atoms with Crippen molar-refractivity contribution < 1.29 is 110 Å². The van der Waals surface area contributed by atoms with Gasteiger partial charge >= 0.3 is 163 Å². The molecule has 24 heteroatoms. The van der Waals surface area contributed by atoms with Crippen LogP contribution >= 0.6 is 0 Å². The van der Waals surface area contributed by atoms with E-state index < -0.39 is 32.4 Å². The van der Waals surface area contributed by atoms with Crippen LogP contribution in [0.5, 0.6) is 34.5 Å². The minimum Gasteiger partial charge on any atom is -0.497 e. The summed E-state index contributed by atoms with van der Waals surface area (Å²) in [7, 11) is 5.49. The maximum absolute atomic E-state index is 12.6. The zero-order valence-corrected chi connectivity index (χ0v) is 61.0. The Hall–Kier alpha value is -2.13. The second-order valence-electron chi connectivity index (χ2n) is 16.2. The van der Waals surface area contributed by atoms with E-state index >= 15 is 0 Å². The summed E-state index contributed by atoms with van der Waals surface area (Å²) in [6.07, 6.45) is 5.18. The molecule has 18 nitrogen and oxygen atoms in total. The van der Waals surface area contributed by atoms with Crippen LogP contribution in [-0.4, -0.2) is 180 Å². The molecule has 0 N–H and O–H groups in total. The number of aryl methyl sites for hydroxylation is 3. The second kappa shape index (κ2) is 33.1. The van der Waals surface area contributed by atoms with E-state index in [0.717, 1.165) is 67.7 Å². The van der Waals surface area contributed by atoms with Gasteiger partial charge in [-0.05, 0) is 111 Å². The van der Waals surface area contributed by atoms with Crippen LogP contribution in [-0.2, 0) is 49.7 Å². The van der Waals surface area contributed by atoms with E-state index in [1.165, 1.54) is 0 Å². The fourth-order valence-electron chi connectivity index (χ4n) is 7.66. The molecular weight excluding hydrogens is 1360 g/mol. The molecule has 0 saturated carbocycles. The molecule has 9 rings (SSSR count). The minimum absolute atomic E-state index is 0. The van der Waals surface area contributed by atoms with E-state index in [-0.39, 0.29) is 195 Å². The third-order valence-corrected chi connectivity index (χ3v) is 14.9. The number of ether oxygens (including phenoxy) is 6. The van der Waals surface area contributed by atoms with Crippen molar-refractivity contribution >= 4 is 160 Å². The molecule has 0 aliphatic carbocycles. The summed E-state index contributed by atoms with van der Waals surface area (Å²) in [4.78, 5) is 39.3. The van der Waals surface area contributed by atoms with Crippen LogP contribution in [0.25, 0.3) is 33.1 Å². The van der Waals surface area contributed by atoms with Gasteiger partial charge < -0.3 is 58.3 Å². The van der Waals surface area contributed by atoms with Gasteiger partial charge in [-0.2, -0.15) is 0 Å². The van der Waals surface area contributed by atoms with Crippen molar-refractivity contribution in [3.8, 4) is 34.5 Å². The predicted octanol–water partition coefficient (Wildman–Crippen LogP) is 5.10. The molecule has 6 aromatic heterocycles. The molecular formula is C53H62BaCsN9O9S3Sr+2. The van der Waals surface area contributed by atoms with E-state index in [1.807, 2.05) is 41.5 Å². The molecule has 3 atom stereocenters. The minimum atomic E-state index is -1.38. The number of rotatable bonds is 15. The smallest absolute Gasteiger partial charge is 0.497 e. The Labute approximate surface area is 594 Å². The van der Waals surface area contributed by atoms with Crippen LogP contribution in [0.2, 0.25) is 0 Å². The topological polar surface area (TPSA) is 226 Å². The zero-order valence-electron chi connectivity index (χ0n) is 44.4. The number of hydrogen-bond donors (Lipinski definition) is 0. The summed E-state index contributed by atoms with van der Waals surface area (Å²) >= 11 is 0. The van der Waals surface area contributed by atoms with Crippen LogP contribution < -0.4 is 112 Å². The normalized spacial score (nSPS) is 11.5. The van der Waals surface area contributed by atoms with Crippen molar-refractivity contribution in [2.45, 2.75) is 89.1 Å². The number of nitrogens with zero attached hydrogens (tertiary/aromatic N) is 9. The first kappa shape index (κ1) is 71.0. The number of pyridine rings is 3. The standard InChI is InChI=1S/3C17H18N3O3S.2CH4.Ba.Cs.Sr/c3*1-10-8-18-15(11(2)16(10)23-4)9-24(21)17-19-13-6-5-12(22-3)7-14(13)20-17;;;;;/h3*5-8H,9H2,1-4H3;2*1H4;;;/q3*-1;;;+2;+1;+2/t3*24-;;;;;/m000...../s1. The van der Waals surface area contributed by atoms with Gasteiger partial charge in [0.2, 0.25) is 0 Å². The Morgan fingerprint density at radius 1 is 0.429 bits per heavy atom. The molecule has 6 heterocycles. The summed E-state index contributed by atoms with van der Waals surface area (Å²) in [6, 6.07) is 16.2. The monoisotopic (exact) mass is 1420 g/mol. The van der Waals surface area contributed by atoms with Crippen molar-refractivity contribution in [1.29, 1.82) is 0 Å². The summed E-state index contributed by atoms with van der Waals surface area (Å²) < 4.78 is 69.6. The Kier molecular flexibility index (Phi) is 30.5. The Morgan fingerprint density at radius 2 is 0.675 bits per heavy atom. The van der Waals surface area contributed by atoms with E-state index in [9.17, 15) is 12.6 Å². The van der Waals surface area contributed by atoms with Gasteiger partial charge in [-0.3, -0.25) is 27.6 Å². The molecule has 394 valence electrons. The molecule has 9 aromatic rings. The number of hydrogen-bond acceptors (Lipinski definition) is 15. The van der Waals surface area contributed by atoms with Crippen molar-refractivity contribution in [2.75, 3.05) is 42.7 Å². The number of methoxy groups -OCH3 is 6. The molecule has 0 spiro atoms. The molecule has 3 aromatic carbocycles. The summed E-state index contributed by atoms with van der Waals surface area (Å²) in [5.41, 5.74) is 11.8. The van der Waals surface area contributed by atoms with Crippen LogP contribution in [0.15, 0.2) is 88.7 Å². The largest absolute Gasteiger partial charge is 2.00 e. The van der Waals surface area contributed by atoms with E-state index in [2.05, 4.69) is 44.9 Å². The maximum Gasteiger partial charge on any atom is 2.00 e.